The summed E-state index contributed by atoms with van der Waals surface area (Å²) in [7, 11) is 0. The molecule has 2 aromatic rings. The highest BCUT2D eigenvalue weighted by molar-refractivity contribution is 6.30. The molecule has 4 heteroatoms. The summed E-state index contributed by atoms with van der Waals surface area (Å²) in [5.41, 5.74) is 1.73. The average molecular weight is 250 g/mol. The van der Waals surface area contributed by atoms with Crippen molar-refractivity contribution in [1.82, 2.24) is 4.98 Å². The van der Waals surface area contributed by atoms with Crippen LogP contribution in [0.5, 0.6) is 0 Å². The Morgan fingerprint density at radius 2 is 2.18 bits per heavy atom. The second kappa shape index (κ2) is 5.55. The maximum atomic E-state index is 11.5. The largest absolute Gasteiger partial charge is 0.459 e. The molecule has 0 spiro atoms. The summed E-state index contributed by atoms with van der Waals surface area (Å²) in [6, 6.07) is 10.9. The van der Waals surface area contributed by atoms with E-state index in [9.17, 15) is 4.79 Å². The van der Waals surface area contributed by atoms with Crippen molar-refractivity contribution in [3.8, 4) is 0 Å². The van der Waals surface area contributed by atoms with E-state index >= 15 is 0 Å². The van der Waals surface area contributed by atoms with Gasteiger partial charge in [-0.1, -0.05) is 23.7 Å². The van der Waals surface area contributed by atoms with E-state index < -0.39 is 0 Å². The van der Waals surface area contributed by atoms with Gasteiger partial charge in [-0.25, -0.2) is 0 Å². The van der Waals surface area contributed by atoms with Crippen LogP contribution in [0.25, 0.3) is 0 Å². The van der Waals surface area contributed by atoms with E-state index in [1.54, 1.807) is 18.3 Å². The molecule has 0 aliphatic rings. The van der Waals surface area contributed by atoms with Crippen molar-refractivity contribution < 1.29 is 9.53 Å². The summed E-state index contributed by atoms with van der Waals surface area (Å²) < 4.78 is 5.12. The van der Waals surface area contributed by atoms with E-state index in [-0.39, 0.29) is 19.0 Å². The quantitative estimate of drug-likeness (QED) is 0.847. The Hall–Kier alpha value is -1.74. The van der Waals surface area contributed by atoms with Gasteiger partial charge in [0.25, 0.3) is 0 Å². The number of carbonyl (C=O) groups is 1. The number of rotatable bonds is 4. The molecular formula is C13H12ClNO2. The molecule has 17 heavy (non-hydrogen) atoms. The second-order valence-electron chi connectivity index (χ2n) is 3.66. The fourth-order valence-corrected chi connectivity index (χ4v) is 1.69. The van der Waals surface area contributed by atoms with Crippen LogP contribution in [0.1, 0.15) is 11.3 Å². The highest BCUT2D eigenvalue weighted by Gasteiger charge is 2.05. The first-order valence-corrected chi connectivity index (χ1v) is 5.64. The van der Waals surface area contributed by atoms with Gasteiger partial charge >= 0.3 is 5.97 Å². The van der Waals surface area contributed by atoms with E-state index in [1.807, 2.05) is 24.3 Å². The van der Waals surface area contributed by atoms with E-state index in [0.717, 1.165) is 11.3 Å². The number of ether oxygens (including phenoxy) is 1. The number of H-pyrrole nitrogens is 1. The minimum atomic E-state index is -0.262. The lowest BCUT2D eigenvalue weighted by Gasteiger charge is -2.04. The summed E-state index contributed by atoms with van der Waals surface area (Å²) in [5.74, 6) is -0.262. The van der Waals surface area contributed by atoms with Crippen LogP contribution in [-0.4, -0.2) is 11.0 Å². The van der Waals surface area contributed by atoms with Gasteiger partial charge in [-0.15, -0.1) is 0 Å². The molecule has 0 saturated heterocycles. The fourth-order valence-electron chi connectivity index (χ4n) is 1.48. The van der Waals surface area contributed by atoms with Crippen LogP contribution < -0.4 is 0 Å². The number of esters is 1. The molecule has 0 fully saturated rings. The maximum Gasteiger partial charge on any atom is 0.310 e. The molecule has 0 aliphatic heterocycles. The molecule has 0 atom stereocenters. The minimum Gasteiger partial charge on any atom is -0.459 e. The SMILES string of the molecule is O=C(Cc1cccc(Cl)c1)OCc1ccc[nH]1. The van der Waals surface area contributed by atoms with Crippen molar-refractivity contribution in [2.24, 2.45) is 0 Å². The van der Waals surface area contributed by atoms with Crippen LogP contribution in [0, 0.1) is 0 Å². The third-order valence-electron chi connectivity index (χ3n) is 2.29. The minimum absolute atomic E-state index is 0.237. The van der Waals surface area contributed by atoms with Crippen LogP contribution in [0.15, 0.2) is 42.6 Å². The van der Waals surface area contributed by atoms with E-state index in [4.69, 9.17) is 16.3 Å². The van der Waals surface area contributed by atoms with E-state index in [0.29, 0.717) is 5.02 Å². The zero-order valence-electron chi connectivity index (χ0n) is 9.15. The van der Waals surface area contributed by atoms with Gasteiger partial charge in [0.05, 0.1) is 12.1 Å². The topological polar surface area (TPSA) is 42.1 Å². The molecule has 88 valence electrons. The van der Waals surface area contributed by atoms with Crippen LogP contribution in [-0.2, 0) is 22.6 Å². The molecule has 0 bridgehead atoms. The molecule has 3 nitrogen and oxygen atoms in total. The average Bonchev–Trinajstić information content (AvgIpc) is 2.79. The lowest BCUT2D eigenvalue weighted by atomic mass is 10.1. The first-order chi connectivity index (χ1) is 8.24. The number of carbonyl (C=O) groups excluding carboxylic acids is 1. The molecule has 1 aromatic carbocycles. The number of hydrogen-bond donors (Lipinski definition) is 1. The molecular weight excluding hydrogens is 238 g/mol. The Balaban J connectivity index is 1.85. The molecule has 1 N–H and O–H groups in total. The first-order valence-electron chi connectivity index (χ1n) is 5.26. The van der Waals surface area contributed by atoms with Gasteiger partial charge in [0.15, 0.2) is 0 Å². The number of aromatic nitrogens is 1. The van der Waals surface area contributed by atoms with Gasteiger partial charge in [-0.2, -0.15) is 0 Å². The van der Waals surface area contributed by atoms with Crippen molar-refractivity contribution >= 4 is 17.6 Å². The van der Waals surface area contributed by atoms with Crippen molar-refractivity contribution in [2.45, 2.75) is 13.0 Å². The Morgan fingerprint density at radius 3 is 2.88 bits per heavy atom. The summed E-state index contributed by atoms with van der Waals surface area (Å²) >= 11 is 5.83. The zero-order valence-corrected chi connectivity index (χ0v) is 9.91. The molecule has 0 amide bonds. The monoisotopic (exact) mass is 249 g/mol. The van der Waals surface area contributed by atoms with E-state index in [1.165, 1.54) is 0 Å². The Bertz CT molecular complexity index is 494. The third kappa shape index (κ3) is 3.64. The van der Waals surface area contributed by atoms with Crippen molar-refractivity contribution in [3.63, 3.8) is 0 Å². The molecule has 0 radical (unpaired) electrons. The van der Waals surface area contributed by atoms with Gasteiger partial charge in [0.1, 0.15) is 6.61 Å². The van der Waals surface area contributed by atoms with Crippen LogP contribution >= 0.6 is 11.6 Å². The van der Waals surface area contributed by atoms with Gasteiger partial charge in [0, 0.05) is 11.2 Å². The molecule has 0 saturated carbocycles. The molecule has 2 rings (SSSR count). The van der Waals surface area contributed by atoms with E-state index in [2.05, 4.69) is 4.98 Å². The normalized spacial score (nSPS) is 10.2. The summed E-state index contributed by atoms with van der Waals surface area (Å²) in [4.78, 5) is 14.5. The predicted molar refractivity (Wildman–Crippen MR) is 65.7 cm³/mol. The molecule has 0 unspecified atom stereocenters. The number of nitrogens with one attached hydrogen (secondary N) is 1. The van der Waals surface area contributed by atoms with Crippen LogP contribution in [0.4, 0.5) is 0 Å². The Kier molecular flexibility index (Phi) is 3.83. The lowest BCUT2D eigenvalue weighted by Crippen LogP contribution is -2.08. The molecule has 1 aromatic heterocycles. The van der Waals surface area contributed by atoms with Crippen molar-refractivity contribution in [3.05, 3.63) is 58.9 Å². The maximum absolute atomic E-state index is 11.5. The standard InChI is InChI=1S/C13H12ClNO2/c14-11-4-1-3-10(7-11)8-13(16)17-9-12-5-2-6-15-12/h1-7,15H,8-9H2. The summed E-state index contributed by atoms with van der Waals surface area (Å²) in [6.07, 6.45) is 2.03. The number of aromatic amines is 1. The first kappa shape index (κ1) is 11.7. The zero-order chi connectivity index (χ0) is 12.1. The summed E-state index contributed by atoms with van der Waals surface area (Å²) in [6.45, 7) is 0.270. The van der Waals surface area contributed by atoms with Gasteiger partial charge in [-0.05, 0) is 29.8 Å². The van der Waals surface area contributed by atoms with Crippen molar-refractivity contribution in [2.75, 3.05) is 0 Å². The molecule has 1 heterocycles. The van der Waals surface area contributed by atoms with Gasteiger partial charge in [0.2, 0.25) is 0 Å². The second-order valence-corrected chi connectivity index (χ2v) is 4.10. The number of benzene rings is 1. The Morgan fingerprint density at radius 1 is 1.29 bits per heavy atom. The van der Waals surface area contributed by atoms with Crippen LogP contribution in [0.3, 0.4) is 0 Å². The van der Waals surface area contributed by atoms with Crippen molar-refractivity contribution in [1.29, 1.82) is 0 Å². The smallest absolute Gasteiger partial charge is 0.310 e. The predicted octanol–water partition coefficient (Wildman–Crippen LogP) is 2.95. The van der Waals surface area contributed by atoms with Gasteiger partial charge < -0.3 is 9.72 Å². The number of hydrogen-bond acceptors (Lipinski definition) is 2. The highest BCUT2D eigenvalue weighted by atomic mass is 35.5. The van der Waals surface area contributed by atoms with Gasteiger partial charge in [-0.3, -0.25) is 4.79 Å². The fraction of sp³-hybridized carbons (Fsp3) is 0.154. The highest BCUT2D eigenvalue weighted by Crippen LogP contribution is 2.11. The third-order valence-corrected chi connectivity index (χ3v) is 2.52. The Labute approximate surface area is 104 Å². The molecule has 0 aliphatic carbocycles. The summed E-state index contributed by atoms with van der Waals surface area (Å²) in [5, 5.41) is 0.625. The van der Waals surface area contributed by atoms with Crippen LogP contribution in [0.2, 0.25) is 5.02 Å². The number of halogens is 1. The lowest BCUT2D eigenvalue weighted by molar-refractivity contribution is -0.144.